The Bertz CT molecular complexity index is 1400. The molecule has 0 unspecified atom stereocenters. The molecular formula is C27H21FIN3O4. The van der Waals surface area contributed by atoms with E-state index in [0.29, 0.717) is 29.2 Å². The van der Waals surface area contributed by atoms with Crippen LogP contribution in [0.1, 0.15) is 29.2 Å². The number of nitrogens with zero attached hydrogens (tertiary/aromatic N) is 2. The largest absolute Gasteiger partial charge is 0.490 e. The lowest BCUT2D eigenvalue weighted by Crippen LogP contribution is -2.30. The number of rotatable bonds is 8. The van der Waals surface area contributed by atoms with Crippen molar-refractivity contribution in [3.63, 3.8) is 0 Å². The first-order chi connectivity index (χ1) is 17.4. The number of nitrogens with one attached hydrogen (secondary N) is 1. The molecule has 1 aliphatic rings. The molecule has 1 heterocycles. The highest BCUT2D eigenvalue weighted by molar-refractivity contribution is 14.1. The minimum Gasteiger partial charge on any atom is -0.490 e. The van der Waals surface area contributed by atoms with E-state index in [1.165, 1.54) is 12.1 Å². The van der Waals surface area contributed by atoms with Gasteiger partial charge in [0.2, 0.25) is 0 Å². The van der Waals surface area contributed by atoms with Crippen LogP contribution < -0.4 is 14.8 Å². The van der Waals surface area contributed by atoms with Crippen molar-refractivity contribution in [2.75, 3.05) is 6.61 Å². The predicted octanol–water partition coefficient (Wildman–Crippen LogP) is 5.37. The molecule has 182 valence electrons. The molecule has 0 aliphatic carbocycles. The van der Waals surface area contributed by atoms with Gasteiger partial charge in [-0.15, -0.1) is 0 Å². The van der Waals surface area contributed by atoms with Crippen LogP contribution in [0.25, 0.3) is 6.08 Å². The van der Waals surface area contributed by atoms with Crippen molar-refractivity contribution in [2.45, 2.75) is 20.1 Å². The molecule has 0 aromatic heterocycles. The van der Waals surface area contributed by atoms with Crippen LogP contribution in [-0.4, -0.2) is 23.4 Å². The lowest BCUT2D eigenvalue weighted by molar-refractivity contribution is -0.123. The van der Waals surface area contributed by atoms with E-state index in [9.17, 15) is 19.2 Å². The SMILES string of the molecule is CCOc1cc(/C=C2/NC(=O)N(Cc3ccccc3F)C2=O)cc(I)c1OCc1ccccc1C#N. The molecule has 1 fully saturated rings. The Morgan fingerprint density at radius 2 is 1.81 bits per heavy atom. The number of imide groups is 1. The van der Waals surface area contributed by atoms with Crippen molar-refractivity contribution in [3.05, 3.63) is 98.0 Å². The molecule has 0 spiro atoms. The number of halogens is 2. The molecule has 0 saturated carbocycles. The zero-order valence-corrected chi connectivity index (χ0v) is 21.4. The van der Waals surface area contributed by atoms with E-state index in [2.05, 4.69) is 34.0 Å². The molecule has 7 nitrogen and oxygen atoms in total. The van der Waals surface area contributed by atoms with E-state index in [1.807, 2.05) is 19.1 Å². The highest BCUT2D eigenvalue weighted by Gasteiger charge is 2.34. The van der Waals surface area contributed by atoms with Gasteiger partial charge in [0.05, 0.1) is 28.4 Å². The van der Waals surface area contributed by atoms with E-state index in [1.54, 1.807) is 42.5 Å². The number of carbonyl (C=O) groups excluding carboxylic acids is 2. The lowest BCUT2D eigenvalue weighted by Gasteiger charge is -2.15. The number of benzene rings is 3. The maximum Gasteiger partial charge on any atom is 0.329 e. The van der Waals surface area contributed by atoms with Crippen molar-refractivity contribution >= 4 is 40.6 Å². The lowest BCUT2D eigenvalue weighted by atomic mass is 10.1. The van der Waals surface area contributed by atoms with Crippen LogP contribution in [0, 0.1) is 20.7 Å². The number of amides is 3. The van der Waals surface area contributed by atoms with Gasteiger partial charge in [0.25, 0.3) is 5.91 Å². The number of urea groups is 1. The maximum absolute atomic E-state index is 14.0. The Hall–Kier alpha value is -3.91. The molecule has 3 aromatic rings. The van der Waals surface area contributed by atoms with Gasteiger partial charge in [-0.2, -0.15) is 5.26 Å². The summed E-state index contributed by atoms with van der Waals surface area (Å²) in [5.41, 5.74) is 2.21. The van der Waals surface area contributed by atoms with Gasteiger partial charge in [-0.3, -0.25) is 9.69 Å². The molecule has 1 saturated heterocycles. The highest BCUT2D eigenvalue weighted by Crippen LogP contribution is 2.36. The third-order valence-electron chi connectivity index (χ3n) is 5.40. The van der Waals surface area contributed by atoms with Crippen LogP contribution in [0.3, 0.4) is 0 Å². The number of hydrogen-bond acceptors (Lipinski definition) is 5. The summed E-state index contributed by atoms with van der Waals surface area (Å²) in [7, 11) is 0. The zero-order chi connectivity index (χ0) is 25.7. The average Bonchev–Trinajstić information content (AvgIpc) is 3.12. The van der Waals surface area contributed by atoms with Gasteiger partial charge in [-0.1, -0.05) is 36.4 Å². The van der Waals surface area contributed by atoms with Gasteiger partial charge < -0.3 is 14.8 Å². The molecule has 0 bridgehead atoms. The fourth-order valence-corrected chi connectivity index (χ4v) is 4.44. The van der Waals surface area contributed by atoms with Crippen molar-refractivity contribution in [2.24, 2.45) is 0 Å². The van der Waals surface area contributed by atoms with Crippen molar-refractivity contribution in [1.29, 1.82) is 5.26 Å². The van der Waals surface area contributed by atoms with E-state index in [4.69, 9.17) is 9.47 Å². The fraction of sp³-hybridized carbons (Fsp3) is 0.148. The maximum atomic E-state index is 14.0. The second-order valence-corrected chi connectivity index (χ2v) is 8.95. The minimum atomic E-state index is -0.620. The quantitative estimate of drug-likeness (QED) is 0.214. The summed E-state index contributed by atoms with van der Waals surface area (Å²) in [6.45, 7) is 2.23. The fourth-order valence-electron chi connectivity index (χ4n) is 3.66. The summed E-state index contributed by atoms with van der Waals surface area (Å²) in [4.78, 5) is 26.3. The van der Waals surface area contributed by atoms with Crippen LogP contribution in [0.4, 0.5) is 9.18 Å². The van der Waals surface area contributed by atoms with Crippen molar-refractivity contribution < 1.29 is 23.5 Å². The summed E-state index contributed by atoms with van der Waals surface area (Å²) in [5, 5.41) is 11.9. The Labute approximate surface area is 221 Å². The van der Waals surface area contributed by atoms with E-state index in [-0.39, 0.29) is 24.4 Å². The van der Waals surface area contributed by atoms with Crippen LogP contribution in [0.15, 0.2) is 66.4 Å². The second-order valence-electron chi connectivity index (χ2n) is 7.79. The molecule has 36 heavy (non-hydrogen) atoms. The number of carbonyl (C=O) groups is 2. The Kier molecular flexibility index (Phi) is 7.85. The molecule has 3 amide bonds. The molecule has 1 aliphatic heterocycles. The summed E-state index contributed by atoms with van der Waals surface area (Å²) in [6, 6.07) is 18.2. The van der Waals surface area contributed by atoms with Crippen molar-refractivity contribution in [3.8, 4) is 17.6 Å². The molecule has 4 rings (SSSR count). The first-order valence-corrected chi connectivity index (χ1v) is 12.1. The van der Waals surface area contributed by atoms with Gasteiger partial charge in [-0.05, 0) is 65.4 Å². The van der Waals surface area contributed by atoms with Gasteiger partial charge >= 0.3 is 6.03 Å². The summed E-state index contributed by atoms with van der Waals surface area (Å²) < 4.78 is 26.6. The molecule has 1 N–H and O–H groups in total. The first kappa shape index (κ1) is 25.2. The highest BCUT2D eigenvalue weighted by atomic mass is 127. The average molecular weight is 597 g/mol. The van der Waals surface area contributed by atoms with Gasteiger partial charge in [0.1, 0.15) is 18.1 Å². The monoisotopic (exact) mass is 597 g/mol. The third-order valence-corrected chi connectivity index (χ3v) is 6.20. The molecular weight excluding hydrogens is 576 g/mol. The Balaban J connectivity index is 1.57. The zero-order valence-electron chi connectivity index (χ0n) is 19.3. The molecule has 0 atom stereocenters. The topological polar surface area (TPSA) is 91.7 Å². The van der Waals surface area contributed by atoms with Crippen LogP contribution in [0.2, 0.25) is 0 Å². The van der Waals surface area contributed by atoms with Gasteiger partial charge in [0, 0.05) is 11.1 Å². The van der Waals surface area contributed by atoms with Crippen LogP contribution >= 0.6 is 22.6 Å². The number of hydrogen-bond donors (Lipinski definition) is 1. The summed E-state index contributed by atoms with van der Waals surface area (Å²) in [6.07, 6.45) is 1.54. The second kappa shape index (κ2) is 11.2. The van der Waals surface area contributed by atoms with E-state index < -0.39 is 17.8 Å². The standard InChI is InChI=1S/C27H21FIN3O4/c1-2-35-24-13-17(11-22(29)25(24)36-16-20-9-4-3-7-18(20)14-30)12-23-26(33)32(27(34)31-23)15-19-8-5-6-10-21(19)28/h3-13H,2,15-16H2,1H3,(H,31,34)/b23-12+. The van der Waals surface area contributed by atoms with Crippen LogP contribution in [-0.2, 0) is 17.9 Å². The Morgan fingerprint density at radius 1 is 1.08 bits per heavy atom. The smallest absolute Gasteiger partial charge is 0.329 e. The normalized spacial score (nSPS) is 14.1. The molecule has 0 radical (unpaired) electrons. The number of ether oxygens (including phenoxy) is 2. The first-order valence-electron chi connectivity index (χ1n) is 11.1. The molecule has 3 aromatic carbocycles. The van der Waals surface area contributed by atoms with Crippen LogP contribution in [0.5, 0.6) is 11.5 Å². The number of nitriles is 1. The van der Waals surface area contributed by atoms with Crippen molar-refractivity contribution in [1.82, 2.24) is 10.2 Å². The van der Waals surface area contributed by atoms with Gasteiger partial charge in [0.15, 0.2) is 11.5 Å². The summed E-state index contributed by atoms with van der Waals surface area (Å²) in [5.74, 6) is -0.0648. The van der Waals surface area contributed by atoms with E-state index in [0.717, 1.165) is 14.0 Å². The van der Waals surface area contributed by atoms with E-state index >= 15 is 0 Å². The third kappa shape index (κ3) is 5.49. The summed E-state index contributed by atoms with van der Waals surface area (Å²) >= 11 is 2.11. The van der Waals surface area contributed by atoms with Gasteiger partial charge in [-0.25, -0.2) is 9.18 Å². The predicted molar refractivity (Wildman–Crippen MR) is 139 cm³/mol. The minimum absolute atomic E-state index is 0.0752. The Morgan fingerprint density at radius 3 is 2.53 bits per heavy atom. The molecule has 9 heteroatoms.